The predicted octanol–water partition coefficient (Wildman–Crippen LogP) is 6.77. The van der Waals surface area contributed by atoms with Crippen molar-refractivity contribution in [3.05, 3.63) is 82.7 Å². The van der Waals surface area contributed by atoms with Gasteiger partial charge in [-0.3, -0.25) is 9.78 Å². The van der Waals surface area contributed by atoms with E-state index in [-0.39, 0.29) is 18.9 Å². The quantitative estimate of drug-likeness (QED) is 0.357. The number of para-hydroxylation sites is 1. The molecule has 0 aliphatic carbocycles. The third-order valence-corrected chi connectivity index (χ3v) is 5.85. The van der Waals surface area contributed by atoms with Crippen molar-refractivity contribution in [2.24, 2.45) is 5.92 Å². The van der Waals surface area contributed by atoms with Crippen LogP contribution >= 0.6 is 0 Å². The molecule has 6 heteroatoms. The van der Waals surface area contributed by atoms with Crippen molar-refractivity contribution in [3.63, 3.8) is 0 Å². The molecule has 0 saturated carbocycles. The van der Waals surface area contributed by atoms with Crippen molar-refractivity contribution < 1.29 is 14.3 Å². The van der Waals surface area contributed by atoms with E-state index in [1.807, 2.05) is 65.0 Å². The number of nitrogens with one attached hydrogen (secondary N) is 2. The van der Waals surface area contributed by atoms with Gasteiger partial charge in [0.25, 0.3) is 0 Å². The number of ether oxygens (including phenoxy) is 1. The van der Waals surface area contributed by atoms with Crippen LogP contribution in [0.25, 0.3) is 11.1 Å². The van der Waals surface area contributed by atoms with E-state index in [1.165, 1.54) is 0 Å². The van der Waals surface area contributed by atoms with Gasteiger partial charge < -0.3 is 15.4 Å². The van der Waals surface area contributed by atoms with Crippen LogP contribution in [0.15, 0.2) is 54.6 Å². The predicted molar refractivity (Wildman–Crippen MR) is 150 cm³/mol. The Balaban J connectivity index is 2.09. The first-order valence-electron chi connectivity index (χ1n) is 12.8. The number of benzene rings is 2. The highest BCUT2D eigenvalue weighted by Crippen LogP contribution is 2.34. The maximum atomic E-state index is 13.1. The van der Waals surface area contributed by atoms with Gasteiger partial charge in [-0.05, 0) is 75.8 Å². The van der Waals surface area contributed by atoms with Gasteiger partial charge in [0.2, 0.25) is 5.91 Å². The van der Waals surface area contributed by atoms with Gasteiger partial charge in [0.15, 0.2) is 0 Å². The average molecular weight is 502 g/mol. The second-order valence-corrected chi connectivity index (χ2v) is 11.0. The molecule has 0 unspecified atom stereocenters. The molecule has 2 aromatic carbocycles. The summed E-state index contributed by atoms with van der Waals surface area (Å²) in [5, 5.41) is 5.84. The second-order valence-electron chi connectivity index (χ2n) is 11.0. The molecule has 0 bridgehead atoms. The Labute approximate surface area is 220 Å². The molecule has 0 saturated heterocycles. The van der Waals surface area contributed by atoms with Crippen molar-refractivity contribution >= 4 is 17.7 Å². The summed E-state index contributed by atoms with van der Waals surface area (Å²) < 4.78 is 5.72. The van der Waals surface area contributed by atoms with E-state index in [2.05, 4.69) is 48.7 Å². The summed E-state index contributed by atoms with van der Waals surface area (Å²) in [6, 6.07) is 17.6. The summed E-state index contributed by atoms with van der Waals surface area (Å²) in [7, 11) is 0. The van der Waals surface area contributed by atoms with E-state index < -0.39 is 11.6 Å². The van der Waals surface area contributed by atoms with Crippen LogP contribution in [-0.4, -0.2) is 22.5 Å². The molecule has 1 aromatic heterocycles. The Bertz CT molecular complexity index is 1230. The molecule has 2 N–H and O–H groups in total. The van der Waals surface area contributed by atoms with Crippen molar-refractivity contribution in [2.45, 2.75) is 73.5 Å². The van der Waals surface area contributed by atoms with Crippen LogP contribution in [0.3, 0.4) is 0 Å². The Morgan fingerprint density at radius 3 is 2.19 bits per heavy atom. The van der Waals surface area contributed by atoms with Crippen molar-refractivity contribution in [1.82, 2.24) is 10.3 Å². The Kier molecular flexibility index (Phi) is 9.09. The fourth-order valence-electron chi connectivity index (χ4n) is 4.21. The lowest BCUT2D eigenvalue weighted by Gasteiger charge is -2.23. The summed E-state index contributed by atoms with van der Waals surface area (Å²) >= 11 is 0. The van der Waals surface area contributed by atoms with Crippen molar-refractivity contribution in [1.29, 1.82) is 0 Å². The number of aromatic nitrogens is 1. The van der Waals surface area contributed by atoms with Gasteiger partial charge in [0.1, 0.15) is 6.61 Å². The minimum Gasteiger partial charge on any atom is -0.445 e. The van der Waals surface area contributed by atoms with E-state index in [4.69, 9.17) is 9.72 Å². The number of alkyl carbamates (subject to hydrolysis) is 1. The lowest BCUT2D eigenvalue weighted by Crippen LogP contribution is -2.40. The van der Waals surface area contributed by atoms with Gasteiger partial charge in [0.05, 0.1) is 6.42 Å². The van der Waals surface area contributed by atoms with Crippen LogP contribution in [0.1, 0.15) is 62.7 Å². The number of rotatable bonds is 8. The number of aryl methyl sites for hydroxylation is 2. The van der Waals surface area contributed by atoms with E-state index >= 15 is 0 Å². The number of hydrogen-bond donors (Lipinski definition) is 2. The highest BCUT2D eigenvalue weighted by molar-refractivity contribution is 5.94. The van der Waals surface area contributed by atoms with E-state index in [0.717, 1.165) is 51.3 Å². The third-order valence-electron chi connectivity index (χ3n) is 5.85. The van der Waals surface area contributed by atoms with E-state index in [9.17, 15) is 9.59 Å². The smallest absolute Gasteiger partial charge is 0.407 e. The molecule has 37 heavy (non-hydrogen) atoms. The van der Waals surface area contributed by atoms with Crippen LogP contribution in [0, 0.1) is 19.8 Å². The molecule has 196 valence electrons. The van der Waals surface area contributed by atoms with Gasteiger partial charge in [-0.25, -0.2) is 4.79 Å². The third kappa shape index (κ3) is 8.17. The lowest BCUT2D eigenvalue weighted by molar-refractivity contribution is -0.115. The van der Waals surface area contributed by atoms with Gasteiger partial charge in [0, 0.05) is 28.2 Å². The highest BCUT2D eigenvalue weighted by Gasteiger charge is 2.23. The van der Waals surface area contributed by atoms with Gasteiger partial charge >= 0.3 is 6.09 Å². The lowest BCUT2D eigenvalue weighted by atomic mass is 9.88. The van der Waals surface area contributed by atoms with E-state index in [1.54, 1.807) is 0 Å². The van der Waals surface area contributed by atoms with Crippen LogP contribution in [0.2, 0.25) is 0 Å². The molecule has 3 rings (SSSR count). The Morgan fingerprint density at radius 1 is 0.946 bits per heavy atom. The minimum absolute atomic E-state index is 0.0633. The molecule has 0 aliphatic rings. The zero-order chi connectivity index (χ0) is 27.2. The molecule has 0 atom stereocenters. The molecule has 3 aromatic rings. The zero-order valence-electron chi connectivity index (χ0n) is 23.1. The van der Waals surface area contributed by atoms with Crippen LogP contribution < -0.4 is 10.6 Å². The first-order chi connectivity index (χ1) is 17.4. The molecular formula is C31H39N3O3. The van der Waals surface area contributed by atoms with Gasteiger partial charge in [-0.1, -0.05) is 61.9 Å². The highest BCUT2D eigenvalue weighted by atomic mass is 16.5. The second kappa shape index (κ2) is 12.0. The molecular weight excluding hydrogens is 462 g/mol. The zero-order valence-corrected chi connectivity index (χ0v) is 23.1. The molecule has 6 nitrogen and oxygen atoms in total. The fourth-order valence-corrected chi connectivity index (χ4v) is 4.21. The SMILES string of the molecule is Cc1ccc(-c2c(CC(=O)Nc3ccccc3)c(C)nc(CC(C)C)c2COC(=O)NC(C)(C)C)cc1. The number of pyridine rings is 1. The number of anilines is 1. The maximum absolute atomic E-state index is 13.1. The van der Waals surface area contributed by atoms with Gasteiger partial charge in [-0.2, -0.15) is 0 Å². The number of carbonyl (C=O) groups excluding carboxylic acids is 2. The first kappa shape index (κ1) is 27.9. The van der Waals surface area contributed by atoms with Crippen LogP contribution in [-0.2, 0) is 29.0 Å². The summed E-state index contributed by atoms with van der Waals surface area (Å²) in [5.74, 6) is 0.227. The number of hydrogen-bond acceptors (Lipinski definition) is 4. The molecule has 0 fully saturated rings. The standard InChI is InChI=1S/C31H39N3O3/c1-20(2)17-27-26(19-37-30(36)34-31(5,6)7)29(23-15-13-21(3)14-16-23)25(22(4)32-27)18-28(35)33-24-11-9-8-10-12-24/h8-16,20H,17-19H2,1-7H3,(H,33,35)(H,34,36). The normalized spacial score (nSPS) is 11.4. The van der Waals surface area contributed by atoms with Gasteiger partial charge in [-0.15, -0.1) is 0 Å². The Morgan fingerprint density at radius 2 is 1.59 bits per heavy atom. The first-order valence-corrected chi connectivity index (χ1v) is 12.8. The molecule has 0 spiro atoms. The molecule has 0 radical (unpaired) electrons. The largest absolute Gasteiger partial charge is 0.445 e. The number of carbonyl (C=O) groups is 2. The molecule has 0 aliphatic heterocycles. The maximum Gasteiger partial charge on any atom is 0.407 e. The van der Waals surface area contributed by atoms with Crippen LogP contribution in [0.4, 0.5) is 10.5 Å². The summed E-state index contributed by atoms with van der Waals surface area (Å²) in [6.07, 6.45) is 0.400. The number of nitrogens with zero attached hydrogens (tertiary/aromatic N) is 1. The van der Waals surface area contributed by atoms with Crippen molar-refractivity contribution in [2.75, 3.05) is 5.32 Å². The summed E-state index contributed by atoms with van der Waals surface area (Å²) in [5.41, 5.74) is 6.72. The van der Waals surface area contributed by atoms with Crippen molar-refractivity contribution in [3.8, 4) is 11.1 Å². The van der Waals surface area contributed by atoms with E-state index in [0.29, 0.717) is 5.92 Å². The number of amides is 2. The Hall–Kier alpha value is -3.67. The topological polar surface area (TPSA) is 80.3 Å². The monoisotopic (exact) mass is 501 g/mol. The summed E-state index contributed by atoms with van der Waals surface area (Å²) in [6.45, 7) is 14.1. The fraction of sp³-hybridized carbons (Fsp3) is 0.387. The molecule has 1 heterocycles. The van der Waals surface area contributed by atoms with Crippen LogP contribution in [0.5, 0.6) is 0 Å². The summed E-state index contributed by atoms with van der Waals surface area (Å²) in [4.78, 5) is 30.6. The average Bonchev–Trinajstić information content (AvgIpc) is 2.79. The minimum atomic E-state index is -0.484. The molecule has 2 amide bonds.